The average molecular weight is 316 g/mol. The van der Waals surface area contributed by atoms with E-state index in [-0.39, 0.29) is 36.0 Å². The molecule has 5 nitrogen and oxygen atoms in total. The first kappa shape index (κ1) is 17.4. The summed E-state index contributed by atoms with van der Waals surface area (Å²) in [6, 6.07) is 3.88. The molecule has 0 saturated heterocycles. The van der Waals surface area contributed by atoms with E-state index in [4.69, 9.17) is 5.73 Å². The fourth-order valence-electron chi connectivity index (χ4n) is 1.90. The van der Waals surface area contributed by atoms with Gasteiger partial charge in [0.1, 0.15) is 5.82 Å². The number of amides is 1. The molecule has 1 amide bonds. The van der Waals surface area contributed by atoms with Crippen molar-refractivity contribution in [2.75, 3.05) is 22.6 Å². The summed E-state index contributed by atoms with van der Waals surface area (Å²) >= 11 is 0. The van der Waals surface area contributed by atoms with Crippen LogP contribution in [-0.2, 0) is 14.6 Å². The van der Waals surface area contributed by atoms with Gasteiger partial charge in [-0.2, -0.15) is 0 Å². The standard InChI is InChI=1S/C14H21FN2O3S/c1-10(2)9-21(19,20)7-3-4-14(18)17-13-8-11(16)5-6-12(13)15/h5-6,8,10H,3-4,7,9,16H2,1-2H3,(H,17,18). The van der Waals surface area contributed by atoms with Crippen LogP contribution in [0.15, 0.2) is 18.2 Å². The Kier molecular flexibility index (Phi) is 6.14. The molecule has 0 aliphatic rings. The molecular formula is C14H21FN2O3S. The van der Waals surface area contributed by atoms with E-state index in [0.29, 0.717) is 5.69 Å². The summed E-state index contributed by atoms with van der Waals surface area (Å²) in [6.07, 6.45) is 0.233. The molecule has 118 valence electrons. The lowest BCUT2D eigenvalue weighted by molar-refractivity contribution is -0.116. The summed E-state index contributed by atoms with van der Waals surface area (Å²) in [4.78, 5) is 11.7. The van der Waals surface area contributed by atoms with Crippen LogP contribution in [0, 0.1) is 11.7 Å². The van der Waals surface area contributed by atoms with Crippen molar-refractivity contribution in [2.45, 2.75) is 26.7 Å². The van der Waals surface area contributed by atoms with Crippen molar-refractivity contribution in [1.29, 1.82) is 0 Å². The number of anilines is 2. The van der Waals surface area contributed by atoms with Crippen molar-refractivity contribution in [3.8, 4) is 0 Å². The molecule has 0 heterocycles. The SMILES string of the molecule is CC(C)CS(=O)(=O)CCCC(=O)Nc1cc(N)ccc1F. The minimum Gasteiger partial charge on any atom is -0.399 e. The molecule has 3 N–H and O–H groups in total. The van der Waals surface area contributed by atoms with Crippen molar-refractivity contribution in [1.82, 2.24) is 0 Å². The third kappa shape index (κ3) is 6.57. The fourth-order valence-corrected chi connectivity index (χ4v) is 3.66. The number of halogens is 1. The molecule has 0 aromatic heterocycles. The molecule has 0 fully saturated rings. The second-order valence-electron chi connectivity index (χ2n) is 5.40. The van der Waals surface area contributed by atoms with E-state index in [1.165, 1.54) is 12.1 Å². The molecular weight excluding hydrogens is 295 g/mol. The van der Waals surface area contributed by atoms with Gasteiger partial charge in [0.05, 0.1) is 17.2 Å². The number of hydrogen-bond acceptors (Lipinski definition) is 4. The summed E-state index contributed by atoms with van der Waals surface area (Å²) in [5.41, 5.74) is 5.85. The molecule has 21 heavy (non-hydrogen) atoms. The second-order valence-corrected chi connectivity index (χ2v) is 7.63. The number of benzene rings is 1. The lowest BCUT2D eigenvalue weighted by Gasteiger charge is -2.08. The minimum atomic E-state index is -3.14. The van der Waals surface area contributed by atoms with Crippen LogP contribution in [0.1, 0.15) is 26.7 Å². The first-order chi connectivity index (χ1) is 9.69. The van der Waals surface area contributed by atoms with E-state index in [1.54, 1.807) is 0 Å². The molecule has 0 unspecified atom stereocenters. The van der Waals surface area contributed by atoms with Gasteiger partial charge in [0, 0.05) is 12.1 Å². The second kappa shape index (κ2) is 7.40. The number of carbonyl (C=O) groups is 1. The zero-order valence-electron chi connectivity index (χ0n) is 12.2. The fraction of sp³-hybridized carbons (Fsp3) is 0.500. The van der Waals surface area contributed by atoms with Crippen molar-refractivity contribution >= 4 is 27.1 Å². The Bertz CT molecular complexity index is 600. The van der Waals surface area contributed by atoms with Crippen molar-refractivity contribution < 1.29 is 17.6 Å². The highest BCUT2D eigenvalue weighted by atomic mass is 32.2. The predicted octanol–water partition coefficient (Wildman–Crippen LogP) is 2.20. The van der Waals surface area contributed by atoms with Crippen molar-refractivity contribution in [3.63, 3.8) is 0 Å². The summed E-state index contributed by atoms with van der Waals surface area (Å²) in [5, 5.41) is 2.39. The van der Waals surface area contributed by atoms with E-state index in [2.05, 4.69) is 5.32 Å². The number of sulfone groups is 1. The van der Waals surface area contributed by atoms with Crippen LogP contribution in [0.5, 0.6) is 0 Å². The monoisotopic (exact) mass is 316 g/mol. The molecule has 1 rings (SSSR count). The van der Waals surface area contributed by atoms with Crippen LogP contribution in [0.25, 0.3) is 0 Å². The van der Waals surface area contributed by atoms with Crippen LogP contribution in [0.2, 0.25) is 0 Å². The molecule has 0 aliphatic heterocycles. The van der Waals surface area contributed by atoms with Crippen molar-refractivity contribution in [2.24, 2.45) is 5.92 Å². The maximum atomic E-state index is 13.4. The van der Waals surface area contributed by atoms with Gasteiger partial charge >= 0.3 is 0 Å². The first-order valence-corrected chi connectivity index (χ1v) is 8.57. The van der Waals surface area contributed by atoms with Gasteiger partial charge < -0.3 is 11.1 Å². The van der Waals surface area contributed by atoms with Gasteiger partial charge in [0.25, 0.3) is 0 Å². The van der Waals surface area contributed by atoms with Gasteiger partial charge in [0.15, 0.2) is 9.84 Å². The number of rotatable bonds is 7. The molecule has 1 aromatic rings. The Balaban J connectivity index is 2.46. The summed E-state index contributed by atoms with van der Waals surface area (Å²) in [5.74, 6) is -0.884. The van der Waals surface area contributed by atoms with E-state index in [0.717, 1.165) is 6.07 Å². The summed E-state index contributed by atoms with van der Waals surface area (Å²) < 4.78 is 36.8. The molecule has 0 spiro atoms. The van der Waals surface area contributed by atoms with Gasteiger partial charge in [-0.1, -0.05) is 13.8 Å². The highest BCUT2D eigenvalue weighted by Crippen LogP contribution is 2.17. The number of nitrogens with one attached hydrogen (secondary N) is 1. The van der Waals surface area contributed by atoms with Crippen LogP contribution in [0.3, 0.4) is 0 Å². The van der Waals surface area contributed by atoms with Gasteiger partial charge in [-0.15, -0.1) is 0 Å². The highest BCUT2D eigenvalue weighted by molar-refractivity contribution is 7.91. The quantitative estimate of drug-likeness (QED) is 0.755. The maximum Gasteiger partial charge on any atom is 0.224 e. The molecule has 7 heteroatoms. The van der Waals surface area contributed by atoms with E-state index in [1.807, 2.05) is 13.8 Å². The minimum absolute atomic E-state index is 0.00466. The molecule has 1 aromatic carbocycles. The predicted molar refractivity (Wildman–Crippen MR) is 82.2 cm³/mol. The van der Waals surface area contributed by atoms with Gasteiger partial charge in [-0.05, 0) is 30.5 Å². The van der Waals surface area contributed by atoms with Crippen LogP contribution >= 0.6 is 0 Å². The van der Waals surface area contributed by atoms with Gasteiger partial charge in [-0.25, -0.2) is 12.8 Å². The highest BCUT2D eigenvalue weighted by Gasteiger charge is 2.14. The lowest BCUT2D eigenvalue weighted by atomic mass is 10.2. The zero-order chi connectivity index (χ0) is 16.0. The average Bonchev–Trinajstić information content (AvgIpc) is 2.31. The molecule has 0 aliphatic carbocycles. The Labute approximate surface area is 124 Å². The number of nitrogens with two attached hydrogens (primary N) is 1. The molecule has 0 atom stereocenters. The lowest BCUT2D eigenvalue weighted by Crippen LogP contribution is -2.18. The van der Waals surface area contributed by atoms with E-state index < -0.39 is 21.6 Å². The Hall–Kier alpha value is -1.63. The number of nitrogen functional groups attached to an aromatic ring is 1. The first-order valence-electron chi connectivity index (χ1n) is 6.75. The van der Waals surface area contributed by atoms with Gasteiger partial charge in [0.2, 0.25) is 5.91 Å². The Morgan fingerprint density at radius 2 is 2.05 bits per heavy atom. The number of carbonyl (C=O) groups excluding carboxylic acids is 1. The smallest absolute Gasteiger partial charge is 0.224 e. The van der Waals surface area contributed by atoms with Crippen LogP contribution in [-0.4, -0.2) is 25.8 Å². The van der Waals surface area contributed by atoms with Crippen LogP contribution < -0.4 is 11.1 Å². The zero-order valence-corrected chi connectivity index (χ0v) is 13.0. The van der Waals surface area contributed by atoms with Gasteiger partial charge in [-0.3, -0.25) is 4.79 Å². The maximum absolute atomic E-state index is 13.4. The van der Waals surface area contributed by atoms with E-state index in [9.17, 15) is 17.6 Å². The molecule has 0 radical (unpaired) electrons. The Morgan fingerprint density at radius 1 is 1.38 bits per heavy atom. The Morgan fingerprint density at radius 3 is 2.67 bits per heavy atom. The van der Waals surface area contributed by atoms with Crippen molar-refractivity contribution in [3.05, 3.63) is 24.0 Å². The third-order valence-electron chi connectivity index (χ3n) is 2.71. The molecule has 0 bridgehead atoms. The molecule has 0 saturated carbocycles. The summed E-state index contributed by atoms with van der Waals surface area (Å²) in [7, 11) is -3.14. The normalized spacial score (nSPS) is 11.6. The third-order valence-corrected chi connectivity index (χ3v) is 4.80. The number of hydrogen-bond donors (Lipinski definition) is 2. The topological polar surface area (TPSA) is 89.3 Å². The summed E-state index contributed by atoms with van der Waals surface area (Å²) in [6.45, 7) is 3.65. The van der Waals surface area contributed by atoms with Crippen LogP contribution in [0.4, 0.5) is 15.8 Å². The van der Waals surface area contributed by atoms with E-state index >= 15 is 0 Å². The largest absolute Gasteiger partial charge is 0.399 e.